The molecule has 0 aromatic heterocycles. The van der Waals surface area contributed by atoms with E-state index in [1.54, 1.807) is 39.2 Å². The van der Waals surface area contributed by atoms with E-state index in [-0.39, 0.29) is 0 Å². The first-order valence-electron chi connectivity index (χ1n) is 6.59. The van der Waals surface area contributed by atoms with Crippen LogP contribution in [0.15, 0.2) is 18.2 Å². The summed E-state index contributed by atoms with van der Waals surface area (Å²) in [7, 11) is 3.09. The summed E-state index contributed by atoms with van der Waals surface area (Å²) in [6, 6.07) is 4.08. The molecule has 0 fully saturated rings. The molecule has 0 saturated carbocycles. The van der Waals surface area contributed by atoms with Gasteiger partial charge in [0.2, 0.25) is 5.91 Å². The van der Waals surface area contributed by atoms with E-state index in [1.165, 1.54) is 7.11 Å². The van der Waals surface area contributed by atoms with Crippen molar-refractivity contribution < 1.29 is 19.1 Å². The number of carbonyl (C=O) groups is 2. The number of methoxy groups -OCH3 is 2. The van der Waals surface area contributed by atoms with Crippen LogP contribution in [0.1, 0.15) is 13.8 Å². The number of imide groups is 1. The zero-order valence-corrected chi connectivity index (χ0v) is 12.6. The largest absolute Gasteiger partial charge is 0.497 e. The average molecular weight is 295 g/mol. The molecule has 116 valence electrons. The lowest BCUT2D eigenvalue weighted by atomic mass is 10.2. The van der Waals surface area contributed by atoms with Crippen LogP contribution in [-0.2, 0) is 4.79 Å². The number of anilines is 1. The summed E-state index contributed by atoms with van der Waals surface area (Å²) >= 11 is 0. The second kappa shape index (κ2) is 7.98. The van der Waals surface area contributed by atoms with Crippen LogP contribution >= 0.6 is 0 Å². The Morgan fingerprint density at radius 1 is 1.24 bits per heavy atom. The topological polar surface area (TPSA) is 88.7 Å². The Hall–Kier alpha value is -2.44. The summed E-state index contributed by atoms with van der Waals surface area (Å²) in [4.78, 5) is 23.2. The highest BCUT2D eigenvalue weighted by Gasteiger charge is 2.17. The first-order chi connectivity index (χ1) is 10.0. The van der Waals surface area contributed by atoms with Gasteiger partial charge in [0.05, 0.1) is 19.9 Å². The number of hydrogen-bond acceptors (Lipinski definition) is 5. The van der Waals surface area contributed by atoms with Crippen molar-refractivity contribution in [3.63, 3.8) is 0 Å². The third-order valence-electron chi connectivity index (χ3n) is 2.75. The Kier molecular flexibility index (Phi) is 6.32. The molecule has 0 aliphatic rings. The Labute approximate surface area is 124 Å². The Bertz CT molecular complexity index is 505. The number of rotatable bonds is 6. The quantitative estimate of drug-likeness (QED) is 0.737. The molecular weight excluding hydrogens is 274 g/mol. The monoisotopic (exact) mass is 295 g/mol. The number of hydrogen-bond donors (Lipinski definition) is 3. The second-order valence-electron chi connectivity index (χ2n) is 4.28. The summed E-state index contributed by atoms with van der Waals surface area (Å²) in [5.74, 6) is 0.766. The van der Waals surface area contributed by atoms with E-state index in [0.717, 1.165) is 0 Å². The number of ether oxygens (including phenoxy) is 2. The van der Waals surface area contributed by atoms with E-state index in [1.807, 2.05) is 0 Å². The van der Waals surface area contributed by atoms with Gasteiger partial charge in [-0.15, -0.1) is 0 Å². The highest BCUT2D eigenvalue weighted by molar-refractivity contribution is 5.98. The van der Waals surface area contributed by atoms with Gasteiger partial charge in [-0.2, -0.15) is 0 Å². The van der Waals surface area contributed by atoms with E-state index in [0.29, 0.717) is 23.7 Å². The van der Waals surface area contributed by atoms with Crippen molar-refractivity contribution >= 4 is 17.6 Å². The predicted octanol–water partition coefficient (Wildman–Crippen LogP) is 1.35. The summed E-state index contributed by atoms with van der Waals surface area (Å²) in [6.45, 7) is 3.87. The van der Waals surface area contributed by atoms with E-state index in [4.69, 9.17) is 9.47 Å². The standard InChI is InChI=1S/C14H21N3O4/c1-5-15-14(19)17-13(18)9(2)16-11-7-6-10(20-3)8-12(11)21-4/h6-9,16H,5H2,1-4H3,(H2,15,17,18,19). The van der Waals surface area contributed by atoms with Crippen molar-refractivity contribution in [2.24, 2.45) is 0 Å². The molecule has 3 N–H and O–H groups in total. The van der Waals surface area contributed by atoms with Crippen molar-refractivity contribution in [2.45, 2.75) is 19.9 Å². The van der Waals surface area contributed by atoms with Crippen LogP contribution in [0.4, 0.5) is 10.5 Å². The fourth-order valence-electron chi connectivity index (χ4n) is 1.64. The van der Waals surface area contributed by atoms with Crippen molar-refractivity contribution in [3.8, 4) is 11.5 Å². The Balaban J connectivity index is 2.71. The van der Waals surface area contributed by atoms with Crippen molar-refractivity contribution in [3.05, 3.63) is 18.2 Å². The average Bonchev–Trinajstić information content (AvgIpc) is 2.47. The first kappa shape index (κ1) is 16.6. The molecule has 1 aromatic rings. The van der Waals surface area contributed by atoms with Gasteiger partial charge in [-0.3, -0.25) is 10.1 Å². The molecule has 7 heteroatoms. The van der Waals surface area contributed by atoms with E-state index < -0.39 is 18.0 Å². The van der Waals surface area contributed by atoms with Crippen LogP contribution in [0.5, 0.6) is 11.5 Å². The molecule has 1 rings (SSSR count). The molecule has 21 heavy (non-hydrogen) atoms. The van der Waals surface area contributed by atoms with Crippen LogP contribution in [-0.4, -0.2) is 38.7 Å². The van der Waals surface area contributed by atoms with Crippen LogP contribution in [0.25, 0.3) is 0 Å². The minimum atomic E-state index is -0.602. The lowest BCUT2D eigenvalue weighted by Crippen LogP contribution is -2.45. The predicted molar refractivity (Wildman–Crippen MR) is 79.8 cm³/mol. The molecule has 0 aliphatic carbocycles. The molecule has 0 radical (unpaired) electrons. The van der Waals surface area contributed by atoms with Gasteiger partial charge in [0.15, 0.2) is 0 Å². The van der Waals surface area contributed by atoms with Gasteiger partial charge in [0.25, 0.3) is 0 Å². The van der Waals surface area contributed by atoms with Gasteiger partial charge < -0.3 is 20.1 Å². The number of amides is 3. The molecule has 0 bridgehead atoms. The maximum absolute atomic E-state index is 11.9. The molecular formula is C14H21N3O4. The fourth-order valence-corrected chi connectivity index (χ4v) is 1.64. The molecule has 0 heterocycles. The molecule has 3 amide bonds. The maximum Gasteiger partial charge on any atom is 0.321 e. The third-order valence-corrected chi connectivity index (χ3v) is 2.75. The number of nitrogens with one attached hydrogen (secondary N) is 3. The van der Waals surface area contributed by atoms with Gasteiger partial charge in [0, 0.05) is 12.6 Å². The number of benzene rings is 1. The van der Waals surface area contributed by atoms with Crippen LogP contribution in [0.2, 0.25) is 0 Å². The lowest BCUT2D eigenvalue weighted by molar-refractivity contribution is -0.120. The summed E-state index contributed by atoms with van der Waals surface area (Å²) < 4.78 is 10.3. The van der Waals surface area contributed by atoms with Gasteiger partial charge in [0.1, 0.15) is 17.5 Å². The van der Waals surface area contributed by atoms with Gasteiger partial charge >= 0.3 is 6.03 Å². The van der Waals surface area contributed by atoms with Crippen LogP contribution in [0.3, 0.4) is 0 Å². The fraction of sp³-hybridized carbons (Fsp3) is 0.429. The zero-order chi connectivity index (χ0) is 15.8. The van der Waals surface area contributed by atoms with Crippen LogP contribution in [0, 0.1) is 0 Å². The van der Waals surface area contributed by atoms with Crippen molar-refractivity contribution in [2.75, 3.05) is 26.1 Å². The van der Waals surface area contributed by atoms with Gasteiger partial charge in [-0.05, 0) is 26.0 Å². The normalized spacial score (nSPS) is 11.2. The summed E-state index contributed by atoms with van der Waals surface area (Å²) in [5, 5.41) is 7.72. The minimum absolute atomic E-state index is 0.432. The second-order valence-corrected chi connectivity index (χ2v) is 4.28. The SMILES string of the molecule is CCNC(=O)NC(=O)C(C)Nc1ccc(OC)cc1OC. The molecule has 1 aromatic carbocycles. The van der Waals surface area contributed by atoms with E-state index in [2.05, 4.69) is 16.0 Å². The van der Waals surface area contributed by atoms with E-state index in [9.17, 15) is 9.59 Å². The first-order valence-corrected chi connectivity index (χ1v) is 6.59. The van der Waals surface area contributed by atoms with Crippen molar-refractivity contribution in [1.82, 2.24) is 10.6 Å². The Morgan fingerprint density at radius 2 is 1.95 bits per heavy atom. The summed E-state index contributed by atoms with van der Waals surface area (Å²) in [5.41, 5.74) is 0.636. The lowest BCUT2D eigenvalue weighted by Gasteiger charge is -2.17. The smallest absolute Gasteiger partial charge is 0.321 e. The third kappa shape index (κ3) is 4.87. The highest BCUT2D eigenvalue weighted by Crippen LogP contribution is 2.29. The molecule has 1 unspecified atom stereocenters. The van der Waals surface area contributed by atoms with Gasteiger partial charge in [-0.1, -0.05) is 0 Å². The molecule has 7 nitrogen and oxygen atoms in total. The molecule has 0 spiro atoms. The number of carbonyl (C=O) groups excluding carboxylic acids is 2. The number of urea groups is 1. The summed E-state index contributed by atoms with van der Waals surface area (Å²) in [6.07, 6.45) is 0. The molecule has 0 saturated heterocycles. The van der Waals surface area contributed by atoms with Crippen molar-refractivity contribution in [1.29, 1.82) is 0 Å². The van der Waals surface area contributed by atoms with Crippen LogP contribution < -0.4 is 25.4 Å². The molecule has 1 atom stereocenters. The molecule has 0 aliphatic heterocycles. The van der Waals surface area contributed by atoms with E-state index >= 15 is 0 Å². The Morgan fingerprint density at radius 3 is 2.52 bits per heavy atom. The van der Waals surface area contributed by atoms with Gasteiger partial charge in [-0.25, -0.2) is 4.79 Å². The maximum atomic E-state index is 11.9. The highest BCUT2D eigenvalue weighted by atomic mass is 16.5. The zero-order valence-electron chi connectivity index (χ0n) is 12.6. The minimum Gasteiger partial charge on any atom is -0.497 e.